The van der Waals surface area contributed by atoms with E-state index in [2.05, 4.69) is 20.3 Å². The molecule has 4 rings (SSSR count). The Morgan fingerprint density at radius 1 is 1.19 bits per heavy atom. The van der Waals surface area contributed by atoms with Crippen molar-refractivity contribution in [1.29, 1.82) is 0 Å². The molecule has 3 heterocycles. The van der Waals surface area contributed by atoms with Crippen LogP contribution in [0.4, 0.5) is 27.9 Å². The molecule has 0 unspecified atom stereocenters. The SMILES string of the molecule is CN1C[C@H](O)C[C@@H](Nc2nnc(-c3ccc(C(F)(F)F)cc3OC(F)F)c3cccn23)C1. The molecule has 1 aliphatic heterocycles. The number of piperidine rings is 1. The minimum absolute atomic E-state index is 0.0473. The first-order valence-corrected chi connectivity index (χ1v) is 9.75. The third kappa shape index (κ3) is 4.60. The summed E-state index contributed by atoms with van der Waals surface area (Å²) in [5.74, 6) is -0.297. The lowest BCUT2D eigenvalue weighted by atomic mass is 10.0. The molecule has 0 aliphatic carbocycles. The molecule has 7 nitrogen and oxygen atoms in total. The summed E-state index contributed by atoms with van der Waals surface area (Å²) in [6.45, 7) is -2.10. The Kier molecular flexibility index (Phi) is 5.91. The van der Waals surface area contributed by atoms with Crippen LogP contribution in [0, 0.1) is 0 Å². The second-order valence-electron chi connectivity index (χ2n) is 7.67. The number of likely N-dealkylation sites (N-methyl/N-ethyl adjacent to an activating group) is 1. The summed E-state index contributed by atoms with van der Waals surface area (Å²) >= 11 is 0. The van der Waals surface area contributed by atoms with Gasteiger partial charge in [-0.3, -0.25) is 4.40 Å². The second kappa shape index (κ2) is 8.51. The van der Waals surface area contributed by atoms with E-state index >= 15 is 0 Å². The third-order valence-corrected chi connectivity index (χ3v) is 5.19. The van der Waals surface area contributed by atoms with Crippen LogP contribution in [0.2, 0.25) is 0 Å². The van der Waals surface area contributed by atoms with Crippen molar-refractivity contribution in [2.75, 3.05) is 25.5 Å². The smallest absolute Gasteiger partial charge is 0.416 e. The van der Waals surface area contributed by atoms with Gasteiger partial charge in [0, 0.05) is 30.9 Å². The lowest BCUT2D eigenvalue weighted by molar-refractivity contribution is -0.138. The summed E-state index contributed by atoms with van der Waals surface area (Å²) in [7, 11) is 1.88. The van der Waals surface area contributed by atoms with Gasteiger partial charge in [-0.15, -0.1) is 10.2 Å². The van der Waals surface area contributed by atoms with Crippen molar-refractivity contribution in [2.24, 2.45) is 0 Å². The molecule has 0 spiro atoms. The van der Waals surface area contributed by atoms with Crippen LogP contribution in [-0.2, 0) is 6.18 Å². The highest BCUT2D eigenvalue weighted by Gasteiger charge is 2.32. The standard InChI is InChI=1S/C20H20F5N5O2/c1-29-9-12(8-13(31)10-29)26-19-28-27-17(15-3-2-6-30(15)19)14-5-4-11(20(23,24)25)7-16(14)32-18(21)22/h2-7,12-13,18,31H,8-10H2,1H3,(H,26,28)/t12-,13-/m1/s1. The quantitative estimate of drug-likeness (QED) is 0.572. The van der Waals surface area contributed by atoms with Gasteiger partial charge in [-0.05, 0) is 43.8 Å². The first-order valence-electron chi connectivity index (χ1n) is 9.75. The Morgan fingerprint density at radius 3 is 2.66 bits per heavy atom. The zero-order chi connectivity index (χ0) is 23.0. The van der Waals surface area contributed by atoms with Gasteiger partial charge in [0.05, 0.1) is 17.2 Å². The number of nitrogens with zero attached hydrogens (tertiary/aromatic N) is 4. The molecule has 32 heavy (non-hydrogen) atoms. The minimum Gasteiger partial charge on any atom is -0.434 e. The fraction of sp³-hybridized carbons (Fsp3) is 0.400. The summed E-state index contributed by atoms with van der Waals surface area (Å²) in [6, 6.07) is 5.54. The molecule has 1 fully saturated rings. The van der Waals surface area contributed by atoms with Crippen molar-refractivity contribution < 1.29 is 31.8 Å². The van der Waals surface area contributed by atoms with E-state index in [-0.39, 0.29) is 17.3 Å². The number of alkyl halides is 5. The normalized spacial score (nSPS) is 20.1. The molecule has 0 amide bonds. The van der Waals surface area contributed by atoms with Crippen LogP contribution in [0.5, 0.6) is 5.75 Å². The summed E-state index contributed by atoms with van der Waals surface area (Å²) in [6.07, 6.45) is -3.06. The Hall–Kier alpha value is -2.99. The predicted molar refractivity (Wildman–Crippen MR) is 106 cm³/mol. The van der Waals surface area contributed by atoms with Gasteiger partial charge in [-0.1, -0.05) is 0 Å². The molecular weight excluding hydrogens is 437 g/mol. The molecule has 12 heteroatoms. The average molecular weight is 457 g/mol. The molecule has 0 radical (unpaired) electrons. The van der Waals surface area contributed by atoms with Gasteiger partial charge in [-0.2, -0.15) is 22.0 Å². The molecule has 0 saturated carbocycles. The van der Waals surface area contributed by atoms with Crippen molar-refractivity contribution in [1.82, 2.24) is 19.5 Å². The first kappa shape index (κ1) is 22.2. The highest BCUT2D eigenvalue weighted by Crippen LogP contribution is 2.38. The van der Waals surface area contributed by atoms with E-state index in [1.165, 1.54) is 0 Å². The Morgan fingerprint density at radius 2 is 1.97 bits per heavy atom. The van der Waals surface area contributed by atoms with E-state index in [4.69, 9.17) is 0 Å². The van der Waals surface area contributed by atoms with Gasteiger partial charge >= 0.3 is 12.8 Å². The second-order valence-corrected chi connectivity index (χ2v) is 7.67. The number of aliphatic hydroxyl groups is 1. The maximum absolute atomic E-state index is 13.1. The number of hydrogen-bond acceptors (Lipinski definition) is 6. The number of β-amino-alcohol motifs (C(OH)–C–C–N with tert-alkyl or cyclic N) is 1. The van der Waals surface area contributed by atoms with E-state index in [1.54, 1.807) is 22.7 Å². The van der Waals surface area contributed by atoms with Crippen LogP contribution in [-0.4, -0.2) is 63.5 Å². The number of aromatic nitrogens is 3. The van der Waals surface area contributed by atoms with Crippen LogP contribution in [0.3, 0.4) is 0 Å². The Bertz CT molecular complexity index is 1090. The van der Waals surface area contributed by atoms with Gasteiger partial charge in [0.25, 0.3) is 0 Å². The van der Waals surface area contributed by atoms with Crippen molar-refractivity contribution in [3.8, 4) is 17.0 Å². The monoisotopic (exact) mass is 457 g/mol. The predicted octanol–water partition coefficient (Wildman–Crippen LogP) is 3.49. The van der Waals surface area contributed by atoms with Gasteiger partial charge in [-0.25, -0.2) is 0 Å². The van der Waals surface area contributed by atoms with Crippen molar-refractivity contribution in [3.63, 3.8) is 0 Å². The Labute approximate surface area is 179 Å². The minimum atomic E-state index is -4.72. The lowest BCUT2D eigenvalue weighted by Gasteiger charge is -2.33. The van der Waals surface area contributed by atoms with Crippen molar-refractivity contribution >= 4 is 11.5 Å². The number of ether oxygens (including phenoxy) is 1. The summed E-state index contributed by atoms with van der Waals surface area (Å²) in [5.41, 5.74) is -0.639. The molecule has 2 atom stereocenters. The van der Waals surface area contributed by atoms with Crippen LogP contribution >= 0.6 is 0 Å². The van der Waals surface area contributed by atoms with Crippen LogP contribution < -0.4 is 10.1 Å². The number of nitrogens with one attached hydrogen (secondary N) is 1. The van der Waals surface area contributed by atoms with Crippen LogP contribution in [0.1, 0.15) is 12.0 Å². The molecule has 2 aromatic heterocycles. The molecule has 2 N–H and O–H groups in total. The summed E-state index contributed by atoms with van der Waals surface area (Å²) < 4.78 is 71.0. The molecule has 1 saturated heterocycles. The number of fused-ring (bicyclic) bond motifs is 1. The van der Waals surface area contributed by atoms with E-state index in [9.17, 15) is 27.1 Å². The molecular formula is C20H20F5N5O2. The number of likely N-dealkylation sites (tertiary alicyclic amines) is 1. The summed E-state index contributed by atoms with van der Waals surface area (Å²) in [4.78, 5) is 1.97. The van der Waals surface area contributed by atoms with Gasteiger partial charge in [0.1, 0.15) is 11.4 Å². The number of anilines is 1. The highest BCUT2D eigenvalue weighted by atomic mass is 19.4. The molecule has 172 valence electrons. The van der Waals surface area contributed by atoms with Crippen LogP contribution in [0.25, 0.3) is 16.8 Å². The fourth-order valence-electron chi connectivity index (χ4n) is 3.91. The largest absolute Gasteiger partial charge is 0.434 e. The number of rotatable bonds is 5. The number of aliphatic hydroxyl groups excluding tert-OH is 1. The number of hydrogen-bond donors (Lipinski definition) is 2. The molecule has 0 bridgehead atoms. The maximum Gasteiger partial charge on any atom is 0.416 e. The molecule has 1 aliphatic rings. The molecule has 3 aromatic rings. The Balaban J connectivity index is 1.73. The van der Waals surface area contributed by atoms with Gasteiger partial charge < -0.3 is 20.1 Å². The van der Waals surface area contributed by atoms with Gasteiger partial charge in [0.15, 0.2) is 0 Å². The number of benzene rings is 1. The first-order chi connectivity index (χ1) is 15.1. The highest BCUT2D eigenvalue weighted by molar-refractivity contribution is 5.81. The molecule has 1 aromatic carbocycles. The summed E-state index contributed by atoms with van der Waals surface area (Å²) in [5, 5.41) is 21.4. The van der Waals surface area contributed by atoms with Gasteiger partial charge in [0.2, 0.25) is 5.95 Å². The van der Waals surface area contributed by atoms with Crippen LogP contribution in [0.15, 0.2) is 36.5 Å². The van der Waals surface area contributed by atoms with Crippen molar-refractivity contribution in [2.45, 2.75) is 31.4 Å². The average Bonchev–Trinajstić information content (AvgIpc) is 3.17. The topological polar surface area (TPSA) is 74.9 Å². The van der Waals surface area contributed by atoms with E-state index in [0.29, 0.717) is 37.0 Å². The zero-order valence-corrected chi connectivity index (χ0v) is 16.9. The van der Waals surface area contributed by atoms with E-state index in [1.807, 2.05) is 11.9 Å². The third-order valence-electron chi connectivity index (χ3n) is 5.19. The maximum atomic E-state index is 13.1. The number of halogens is 5. The lowest BCUT2D eigenvalue weighted by Crippen LogP contribution is -2.47. The van der Waals surface area contributed by atoms with E-state index in [0.717, 1.165) is 12.1 Å². The zero-order valence-electron chi connectivity index (χ0n) is 16.9. The fourth-order valence-corrected chi connectivity index (χ4v) is 3.91. The van der Waals surface area contributed by atoms with Crippen molar-refractivity contribution in [3.05, 3.63) is 42.1 Å². The van der Waals surface area contributed by atoms with E-state index < -0.39 is 30.2 Å².